The van der Waals surface area contributed by atoms with Crippen molar-refractivity contribution in [1.82, 2.24) is 0 Å². The van der Waals surface area contributed by atoms with E-state index in [0.717, 1.165) is 17.7 Å². The summed E-state index contributed by atoms with van der Waals surface area (Å²) in [4.78, 5) is 23.3. The van der Waals surface area contributed by atoms with E-state index in [9.17, 15) is 14.9 Å². The van der Waals surface area contributed by atoms with Gasteiger partial charge in [0.1, 0.15) is 0 Å². The minimum absolute atomic E-state index is 0.0229. The Morgan fingerprint density at radius 3 is 2.65 bits per heavy atom. The number of non-ortho nitro benzene ring substituents is 1. The third-order valence-corrected chi connectivity index (χ3v) is 3.15. The summed E-state index contributed by atoms with van der Waals surface area (Å²) in [6, 6.07) is 4.67. The topological polar surface area (TPSA) is 83.7 Å². The van der Waals surface area contributed by atoms with Crippen LogP contribution in [0.25, 0.3) is 0 Å². The van der Waals surface area contributed by atoms with Crippen LogP contribution < -0.4 is 4.90 Å². The van der Waals surface area contributed by atoms with Crippen LogP contribution in [0.4, 0.5) is 11.4 Å². The van der Waals surface area contributed by atoms with Gasteiger partial charge in [-0.2, -0.15) is 0 Å². The molecule has 0 saturated heterocycles. The number of carboxylic acid groups (broad SMARTS) is 1. The molecule has 0 amide bonds. The van der Waals surface area contributed by atoms with Gasteiger partial charge in [-0.1, -0.05) is 19.9 Å². The molecule has 1 N–H and O–H groups in total. The van der Waals surface area contributed by atoms with E-state index >= 15 is 0 Å². The third-order valence-electron chi connectivity index (χ3n) is 3.15. The van der Waals surface area contributed by atoms with E-state index in [4.69, 9.17) is 5.11 Å². The van der Waals surface area contributed by atoms with Gasteiger partial charge in [0.2, 0.25) is 0 Å². The molecule has 1 unspecified atom stereocenters. The summed E-state index contributed by atoms with van der Waals surface area (Å²) >= 11 is 0. The van der Waals surface area contributed by atoms with E-state index in [-0.39, 0.29) is 5.69 Å². The van der Waals surface area contributed by atoms with Gasteiger partial charge in [0.05, 0.1) is 10.8 Å². The number of nitro groups is 1. The molecule has 0 heterocycles. The van der Waals surface area contributed by atoms with Crippen molar-refractivity contribution in [3.63, 3.8) is 0 Å². The van der Waals surface area contributed by atoms with E-state index < -0.39 is 16.8 Å². The van der Waals surface area contributed by atoms with E-state index in [1.54, 1.807) is 13.0 Å². The number of carbonyl (C=O) groups is 1. The van der Waals surface area contributed by atoms with Gasteiger partial charge in [-0.25, -0.2) is 0 Å². The number of aryl methyl sites for hydroxylation is 1. The Kier molecular flexibility index (Phi) is 5.49. The smallest absolute Gasteiger partial charge is 0.308 e. The third kappa shape index (κ3) is 3.94. The van der Waals surface area contributed by atoms with Crippen molar-refractivity contribution in [2.75, 3.05) is 18.0 Å². The lowest BCUT2D eigenvalue weighted by atomic mass is 10.1. The zero-order valence-corrected chi connectivity index (χ0v) is 12.0. The second-order valence-electron chi connectivity index (χ2n) is 4.91. The second-order valence-corrected chi connectivity index (χ2v) is 4.91. The minimum Gasteiger partial charge on any atom is -0.481 e. The molecule has 0 saturated carbocycles. The molecule has 1 rings (SSSR count). The largest absolute Gasteiger partial charge is 0.481 e. The zero-order chi connectivity index (χ0) is 15.3. The highest BCUT2D eigenvalue weighted by Crippen LogP contribution is 2.26. The minimum atomic E-state index is -0.866. The molecule has 1 aromatic rings. The number of nitro benzene ring substituents is 1. The zero-order valence-electron chi connectivity index (χ0n) is 12.0. The summed E-state index contributed by atoms with van der Waals surface area (Å²) in [7, 11) is 0. The average Bonchev–Trinajstić information content (AvgIpc) is 2.38. The Balaban J connectivity index is 3.10. The van der Waals surface area contributed by atoms with Gasteiger partial charge < -0.3 is 10.0 Å². The van der Waals surface area contributed by atoms with Gasteiger partial charge in [0.15, 0.2) is 0 Å². The van der Waals surface area contributed by atoms with Gasteiger partial charge in [-0.3, -0.25) is 14.9 Å². The van der Waals surface area contributed by atoms with Crippen LogP contribution in [-0.4, -0.2) is 29.1 Å². The summed E-state index contributed by atoms with van der Waals surface area (Å²) in [5.41, 5.74) is 1.66. The van der Waals surface area contributed by atoms with Crippen LogP contribution in [-0.2, 0) is 4.79 Å². The lowest BCUT2D eigenvalue weighted by molar-refractivity contribution is -0.384. The molecule has 0 aliphatic heterocycles. The molecule has 20 heavy (non-hydrogen) atoms. The summed E-state index contributed by atoms with van der Waals surface area (Å²) in [6.45, 7) is 6.50. The maximum absolute atomic E-state index is 11.0. The normalized spacial score (nSPS) is 11.9. The molecule has 6 heteroatoms. The van der Waals surface area contributed by atoms with Crippen molar-refractivity contribution in [2.45, 2.75) is 27.2 Å². The highest BCUT2D eigenvalue weighted by atomic mass is 16.6. The van der Waals surface area contributed by atoms with Crippen LogP contribution in [0, 0.1) is 23.0 Å². The van der Waals surface area contributed by atoms with Crippen LogP contribution in [0.1, 0.15) is 25.8 Å². The maximum Gasteiger partial charge on any atom is 0.308 e. The predicted molar refractivity (Wildman–Crippen MR) is 77.1 cm³/mol. The van der Waals surface area contributed by atoms with Crippen molar-refractivity contribution in [2.24, 2.45) is 5.92 Å². The molecule has 0 radical (unpaired) electrons. The molecule has 0 aromatic heterocycles. The van der Waals surface area contributed by atoms with E-state index in [1.165, 1.54) is 12.1 Å². The van der Waals surface area contributed by atoms with Crippen molar-refractivity contribution in [3.8, 4) is 0 Å². The number of hydrogen-bond donors (Lipinski definition) is 1. The quantitative estimate of drug-likeness (QED) is 0.613. The monoisotopic (exact) mass is 280 g/mol. The molecule has 0 bridgehead atoms. The Hall–Kier alpha value is -2.11. The lowest BCUT2D eigenvalue weighted by Crippen LogP contribution is -2.33. The Bertz CT molecular complexity index is 502. The molecular formula is C14H20N2O4. The van der Waals surface area contributed by atoms with Crippen LogP contribution in [0.15, 0.2) is 18.2 Å². The Morgan fingerprint density at radius 1 is 1.50 bits per heavy atom. The van der Waals surface area contributed by atoms with E-state index in [2.05, 4.69) is 0 Å². The van der Waals surface area contributed by atoms with Gasteiger partial charge in [-0.05, 0) is 18.9 Å². The number of rotatable bonds is 7. The van der Waals surface area contributed by atoms with Crippen LogP contribution in [0.2, 0.25) is 0 Å². The average molecular weight is 280 g/mol. The number of nitrogens with zero attached hydrogens (tertiary/aromatic N) is 2. The second kappa shape index (κ2) is 6.88. The fourth-order valence-electron chi connectivity index (χ4n) is 2.04. The van der Waals surface area contributed by atoms with Gasteiger partial charge in [-0.15, -0.1) is 0 Å². The Morgan fingerprint density at radius 2 is 2.15 bits per heavy atom. The maximum atomic E-state index is 11.0. The molecule has 1 aromatic carbocycles. The summed E-state index contributed by atoms with van der Waals surface area (Å²) in [5.74, 6) is -1.39. The van der Waals surface area contributed by atoms with Gasteiger partial charge in [0.25, 0.3) is 5.69 Å². The summed E-state index contributed by atoms with van der Waals surface area (Å²) in [5, 5.41) is 19.9. The molecule has 0 spiro atoms. The number of benzene rings is 1. The van der Waals surface area contributed by atoms with Crippen LogP contribution in [0.3, 0.4) is 0 Å². The van der Waals surface area contributed by atoms with Crippen molar-refractivity contribution < 1.29 is 14.8 Å². The predicted octanol–water partition coefficient (Wildman–Crippen LogP) is 2.84. The molecule has 0 aliphatic carbocycles. The first-order chi connectivity index (χ1) is 9.36. The van der Waals surface area contributed by atoms with Crippen molar-refractivity contribution in [3.05, 3.63) is 33.9 Å². The van der Waals surface area contributed by atoms with Crippen molar-refractivity contribution in [1.29, 1.82) is 0 Å². The van der Waals surface area contributed by atoms with E-state index in [0.29, 0.717) is 13.1 Å². The molecule has 1 atom stereocenters. The summed E-state index contributed by atoms with van der Waals surface area (Å²) in [6.07, 6.45) is 0.842. The Labute approximate surface area is 118 Å². The molecule has 0 fully saturated rings. The van der Waals surface area contributed by atoms with Gasteiger partial charge in [0, 0.05) is 30.9 Å². The fraction of sp³-hybridized carbons (Fsp3) is 0.500. The van der Waals surface area contributed by atoms with Crippen LogP contribution in [0.5, 0.6) is 0 Å². The number of aliphatic carboxylic acids is 1. The molecule has 0 aliphatic rings. The first kappa shape index (κ1) is 15.9. The number of anilines is 1. The highest BCUT2D eigenvalue weighted by molar-refractivity contribution is 5.71. The number of hydrogen-bond acceptors (Lipinski definition) is 4. The summed E-state index contributed by atoms with van der Waals surface area (Å²) < 4.78 is 0. The van der Waals surface area contributed by atoms with Crippen LogP contribution >= 0.6 is 0 Å². The molecule has 6 nitrogen and oxygen atoms in total. The highest BCUT2D eigenvalue weighted by Gasteiger charge is 2.19. The first-order valence-corrected chi connectivity index (χ1v) is 6.59. The molecule has 110 valence electrons. The van der Waals surface area contributed by atoms with E-state index in [1.807, 2.05) is 18.7 Å². The fourth-order valence-corrected chi connectivity index (χ4v) is 2.04. The van der Waals surface area contributed by atoms with Crippen molar-refractivity contribution >= 4 is 17.3 Å². The van der Waals surface area contributed by atoms with Gasteiger partial charge >= 0.3 is 5.97 Å². The lowest BCUT2D eigenvalue weighted by Gasteiger charge is -2.27. The SMILES string of the molecule is CCCN(CC(C)C(=O)O)c1cc([N+](=O)[O-])ccc1C. The molecular weight excluding hydrogens is 260 g/mol. The standard InChI is InChI=1S/C14H20N2O4/c1-4-7-15(9-11(3)14(17)18)13-8-12(16(19)20)6-5-10(13)2/h5-6,8,11H,4,7,9H2,1-3H3,(H,17,18). The first-order valence-electron chi connectivity index (χ1n) is 6.59. The number of carboxylic acids is 1.